The van der Waals surface area contributed by atoms with Crippen LogP contribution in [0.2, 0.25) is 0 Å². The molecule has 0 aliphatic rings. The highest BCUT2D eigenvalue weighted by atomic mass is 32.1. The lowest BCUT2D eigenvalue weighted by atomic mass is 10.1. The summed E-state index contributed by atoms with van der Waals surface area (Å²) in [4.78, 5) is 26.5. The van der Waals surface area contributed by atoms with Gasteiger partial charge in [-0.05, 0) is 30.8 Å². The van der Waals surface area contributed by atoms with Crippen LogP contribution in [0.15, 0.2) is 34.2 Å². The van der Waals surface area contributed by atoms with E-state index in [1.54, 1.807) is 24.3 Å². The Labute approximate surface area is 167 Å². The third-order valence-electron chi connectivity index (χ3n) is 4.09. The molecule has 0 bridgehead atoms. The Balaban J connectivity index is 2.26. The monoisotopic (exact) mass is 404 g/mol. The number of para-hydroxylation sites is 2. The molecule has 1 amide bonds. The molecule has 0 aliphatic carbocycles. The van der Waals surface area contributed by atoms with Gasteiger partial charge in [-0.2, -0.15) is 5.10 Å². The topological polar surface area (TPSA) is 109 Å². The predicted octanol–water partition coefficient (Wildman–Crippen LogP) is 3.03. The van der Waals surface area contributed by atoms with Crippen LogP contribution in [0.5, 0.6) is 11.6 Å². The van der Waals surface area contributed by atoms with Crippen LogP contribution < -0.4 is 15.7 Å². The highest BCUT2D eigenvalue weighted by Crippen LogP contribution is 2.26. The van der Waals surface area contributed by atoms with Crippen LogP contribution in [-0.4, -0.2) is 33.9 Å². The summed E-state index contributed by atoms with van der Waals surface area (Å²) in [5.74, 6) is -0.191. The number of aromatic amines is 1. The van der Waals surface area contributed by atoms with Gasteiger partial charge in [0.05, 0.1) is 19.0 Å². The number of carbonyl (C=O) groups is 1. The Morgan fingerprint density at radius 1 is 1.36 bits per heavy atom. The van der Waals surface area contributed by atoms with Crippen LogP contribution in [0.4, 0.5) is 0 Å². The summed E-state index contributed by atoms with van der Waals surface area (Å²) >= 11 is 5.18. The van der Waals surface area contributed by atoms with Gasteiger partial charge in [-0.3, -0.25) is 19.1 Å². The molecule has 3 N–H and O–H groups in total. The van der Waals surface area contributed by atoms with Gasteiger partial charge < -0.3 is 9.84 Å². The molecule has 150 valence electrons. The number of rotatable bonds is 9. The van der Waals surface area contributed by atoms with E-state index in [-0.39, 0.29) is 16.2 Å². The third kappa shape index (κ3) is 5.29. The zero-order chi connectivity index (χ0) is 20.5. The van der Waals surface area contributed by atoms with Crippen molar-refractivity contribution in [3.05, 3.63) is 45.0 Å². The lowest BCUT2D eigenvalue weighted by molar-refractivity contribution is -0.121. The van der Waals surface area contributed by atoms with E-state index in [1.807, 2.05) is 0 Å². The Kier molecular flexibility index (Phi) is 7.94. The van der Waals surface area contributed by atoms with E-state index in [0.717, 1.165) is 31.9 Å². The van der Waals surface area contributed by atoms with Crippen molar-refractivity contribution in [2.45, 2.75) is 39.0 Å². The maximum atomic E-state index is 12.2. The number of aromatic hydroxyl groups is 1. The first-order chi connectivity index (χ1) is 13.5. The van der Waals surface area contributed by atoms with Gasteiger partial charge in [0.25, 0.3) is 5.56 Å². The molecular formula is C19H24N4O4S. The average Bonchev–Trinajstić information content (AvgIpc) is 2.68. The number of carbonyl (C=O) groups excluding carboxylic acids is 1. The number of aromatic nitrogens is 2. The van der Waals surface area contributed by atoms with Crippen LogP contribution in [0.1, 0.15) is 44.6 Å². The second-order valence-corrected chi connectivity index (χ2v) is 6.49. The summed E-state index contributed by atoms with van der Waals surface area (Å²) in [5.41, 5.74) is 2.07. The Morgan fingerprint density at radius 3 is 2.82 bits per heavy atom. The molecule has 0 unspecified atom stereocenters. The minimum absolute atomic E-state index is 0.00381. The van der Waals surface area contributed by atoms with Crippen molar-refractivity contribution >= 4 is 24.3 Å². The van der Waals surface area contributed by atoms with Crippen LogP contribution in [-0.2, 0) is 4.79 Å². The third-order valence-corrected chi connectivity index (χ3v) is 4.37. The average molecular weight is 404 g/mol. The van der Waals surface area contributed by atoms with E-state index in [1.165, 1.54) is 11.7 Å². The molecule has 2 aromatic rings. The number of hydrogen-bond donors (Lipinski definition) is 3. The minimum Gasteiger partial charge on any atom is -0.495 e. The first kappa shape index (κ1) is 21.4. The first-order valence-electron chi connectivity index (χ1n) is 9.03. The fourth-order valence-corrected chi connectivity index (χ4v) is 2.91. The molecule has 0 saturated heterocycles. The Bertz CT molecular complexity index is 965. The van der Waals surface area contributed by atoms with Gasteiger partial charge in [0.1, 0.15) is 11.3 Å². The molecule has 0 aliphatic heterocycles. The molecule has 0 fully saturated rings. The second-order valence-electron chi connectivity index (χ2n) is 6.11. The number of benzene rings is 1. The standard InChI is InChI=1S/C19H24N4O4S/c1-3-4-5-6-11-16(24)22-20-12-13-17(25)21-19(28)23(18(13)26)14-9-7-8-10-15(14)27-2/h7-10,12,26H,3-6,11H2,1-2H3,(H,22,24)(H,21,25,28)/b20-12+. The molecule has 8 nitrogen and oxygen atoms in total. The summed E-state index contributed by atoms with van der Waals surface area (Å²) in [6.45, 7) is 2.10. The largest absolute Gasteiger partial charge is 0.495 e. The van der Waals surface area contributed by atoms with E-state index in [4.69, 9.17) is 17.0 Å². The number of amides is 1. The summed E-state index contributed by atoms with van der Waals surface area (Å²) in [6.07, 6.45) is 5.38. The molecule has 28 heavy (non-hydrogen) atoms. The Hall–Kier alpha value is -2.94. The summed E-state index contributed by atoms with van der Waals surface area (Å²) in [7, 11) is 1.49. The number of hydrazone groups is 1. The highest BCUT2D eigenvalue weighted by molar-refractivity contribution is 7.71. The van der Waals surface area contributed by atoms with Crippen molar-refractivity contribution < 1.29 is 14.6 Å². The zero-order valence-corrected chi connectivity index (χ0v) is 16.7. The van der Waals surface area contributed by atoms with Crippen LogP contribution in [0.3, 0.4) is 0 Å². The van der Waals surface area contributed by atoms with Gasteiger partial charge in [0.15, 0.2) is 4.77 Å². The number of nitrogens with zero attached hydrogens (tertiary/aromatic N) is 2. The fraction of sp³-hybridized carbons (Fsp3) is 0.368. The van der Waals surface area contributed by atoms with Crippen molar-refractivity contribution in [3.63, 3.8) is 0 Å². The number of hydrogen-bond acceptors (Lipinski definition) is 6. The SMILES string of the molecule is CCCCCCC(=O)N/N=C/c1c(O)n(-c2ccccc2OC)c(=S)[nH]c1=O. The fourth-order valence-electron chi connectivity index (χ4n) is 2.63. The van der Waals surface area contributed by atoms with Gasteiger partial charge in [-0.25, -0.2) is 5.43 Å². The lowest BCUT2D eigenvalue weighted by Gasteiger charge is -2.14. The zero-order valence-electron chi connectivity index (χ0n) is 15.9. The number of methoxy groups -OCH3 is 1. The highest BCUT2D eigenvalue weighted by Gasteiger charge is 2.15. The molecule has 1 aromatic heterocycles. The first-order valence-corrected chi connectivity index (χ1v) is 9.44. The van der Waals surface area contributed by atoms with Crippen molar-refractivity contribution in [1.29, 1.82) is 0 Å². The number of ether oxygens (including phenoxy) is 1. The number of nitrogens with one attached hydrogen (secondary N) is 2. The quantitative estimate of drug-likeness (QED) is 0.258. The van der Waals surface area contributed by atoms with Crippen molar-refractivity contribution in [3.8, 4) is 17.3 Å². The molecule has 0 atom stereocenters. The number of H-pyrrole nitrogens is 1. The molecule has 2 rings (SSSR count). The molecule has 0 saturated carbocycles. The van der Waals surface area contributed by atoms with E-state index in [9.17, 15) is 14.7 Å². The van der Waals surface area contributed by atoms with E-state index >= 15 is 0 Å². The van der Waals surface area contributed by atoms with Crippen molar-refractivity contribution in [2.75, 3.05) is 7.11 Å². The molecule has 9 heteroatoms. The molecule has 0 radical (unpaired) electrons. The molecule has 1 heterocycles. The van der Waals surface area contributed by atoms with Crippen molar-refractivity contribution in [2.24, 2.45) is 5.10 Å². The van der Waals surface area contributed by atoms with Gasteiger partial charge in [0, 0.05) is 6.42 Å². The molecule has 1 aromatic carbocycles. The van der Waals surface area contributed by atoms with E-state index in [2.05, 4.69) is 22.4 Å². The van der Waals surface area contributed by atoms with Gasteiger partial charge >= 0.3 is 0 Å². The smallest absolute Gasteiger partial charge is 0.264 e. The maximum Gasteiger partial charge on any atom is 0.264 e. The van der Waals surface area contributed by atoms with Gasteiger partial charge in [-0.15, -0.1) is 0 Å². The maximum absolute atomic E-state index is 12.2. The normalized spacial score (nSPS) is 10.9. The molecule has 0 spiro atoms. The summed E-state index contributed by atoms with van der Waals surface area (Å²) < 4.78 is 6.56. The van der Waals surface area contributed by atoms with Crippen LogP contribution >= 0.6 is 12.2 Å². The number of unbranched alkanes of at least 4 members (excludes halogenated alkanes) is 3. The van der Waals surface area contributed by atoms with E-state index < -0.39 is 11.4 Å². The van der Waals surface area contributed by atoms with Crippen LogP contribution in [0.25, 0.3) is 5.69 Å². The van der Waals surface area contributed by atoms with Crippen molar-refractivity contribution in [1.82, 2.24) is 15.0 Å². The van der Waals surface area contributed by atoms with Gasteiger partial charge in [-0.1, -0.05) is 38.3 Å². The van der Waals surface area contributed by atoms with E-state index in [0.29, 0.717) is 17.9 Å². The lowest BCUT2D eigenvalue weighted by Crippen LogP contribution is -2.21. The Morgan fingerprint density at radius 2 is 2.11 bits per heavy atom. The summed E-state index contributed by atoms with van der Waals surface area (Å²) in [6, 6.07) is 6.91. The minimum atomic E-state index is -0.616. The van der Waals surface area contributed by atoms with Crippen LogP contribution in [0, 0.1) is 4.77 Å². The predicted molar refractivity (Wildman–Crippen MR) is 110 cm³/mol. The summed E-state index contributed by atoms with van der Waals surface area (Å²) in [5, 5.41) is 14.4. The second kappa shape index (κ2) is 10.4. The molecular weight excluding hydrogens is 380 g/mol. The van der Waals surface area contributed by atoms with Gasteiger partial charge in [0.2, 0.25) is 11.8 Å².